The number of carbonyl (C=O) groups is 1. The minimum atomic E-state index is -0.868. The van der Waals surface area contributed by atoms with E-state index in [1.807, 2.05) is 12.1 Å². The van der Waals surface area contributed by atoms with E-state index in [1.54, 1.807) is 0 Å². The van der Waals surface area contributed by atoms with E-state index >= 15 is 0 Å². The number of fused-ring (bicyclic) bond motifs is 1. The van der Waals surface area contributed by atoms with Crippen molar-refractivity contribution < 1.29 is 19.0 Å². The Bertz CT molecular complexity index is 553. The smallest absolute Gasteiger partial charge is 0.313 e. The average molecular weight is 293 g/mol. The molecular formula is C16H20FNO3. The summed E-state index contributed by atoms with van der Waals surface area (Å²) < 4.78 is 19.6. The normalized spacial score (nSPS) is 24.2. The molecule has 114 valence electrons. The van der Waals surface area contributed by atoms with Crippen molar-refractivity contribution in [3.63, 3.8) is 0 Å². The van der Waals surface area contributed by atoms with Gasteiger partial charge in [0.1, 0.15) is 11.2 Å². The van der Waals surface area contributed by atoms with Gasteiger partial charge in [-0.05, 0) is 36.8 Å². The van der Waals surface area contributed by atoms with E-state index in [9.17, 15) is 14.3 Å². The molecule has 1 atom stereocenters. The maximum atomic E-state index is 14.3. The molecule has 0 aromatic heterocycles. The molecule has 21 heavy (non-hydrogen) atoms. The third-order valence-electron chi connectivity index (χ3n) is 4.63. The Morgan fingerprint density at radius 3 is 3.00 bits per heavy atom. The van der Waals surface area contributed by atoms with Crippen LogP contribution in [0.15, 0.2) is 12.1 Å². The quantitative estimate of drug-likeness (QED) is 0.870. The zero-order valence-corrected chi connectivity index (χ0v) is 12.0. The molecule has 1 aromatic carbocycles. The van der Waals surface area contributed by atoms with Crippen LogP contribution in [0.4, 0.5) is 4.39 Å². The topological polar surface area (TPSA) is 58.6 Å². The second-order valence-electron chi connectivity index (χ2n) is 6.02. The number of aryl methyl sites for hydroxylation is 1. The molecule has 1 unspecified atom stereocenters. The van der Waals surface area contributed by atoms with E-state index in [2.05, 4.69) is 5.32 Å². The number of halogens is 1. The van der Waals surface area contributed by atoms with Crippen LogP contribution in [0.25, 0.3) is 0 Å². The molecule has 2 N–H and O–H groups in total. The summed E-state index contributed by atoms with van der Waals surface area (Å²) in [6, 6.07) is 3.80. The molecule has 2 aliphatic rings. The van der Waals surface area contributed by atoms with Crippen LogP contribution < -0.4 is 5.32 Å². The fraction of sp³-hybridized carbons (Fsp3) is 0.562. The van der Waals surface area contributed by atoms with Gasteiger partial charge in [0.15, 0.2) is 0 Å². The van der Waals surface area contributed by atoms with Crippen LogP contribution >= 0.6 is 0 Å². The lowest BCUT2D eigenvalue weighted by Gasteiger charge is -2.22. The number of ether oxygens (including phenoxy) is 1. The summed E-state index contributed by atoms with van der Waals surface area (Å²) in [6.07, 6.45) is 3.28. The van der Waals surface area contributed by atoms with Crippen molar-refractivity contribution in [2.45, 2.75) is 32.2 Å². The Morgan fingerprint density at radius 1 is 1.43 bits per heavy atom. The molecular weight excluding hydrogens is 273 g/mol. The van der Waals surface area contributed by atoms with Gasteiger partial charge >= 0.3 is 5.97 Å². The summed E-state index contributed by atoms with van der Waals surface area (Å²) in [4.78, 5) is 11.4. The SMILES string of the molecule is O=C(O)C1(CNCc2ccc3c(c2F)CCC3)CCOC1. The van der Waals surface area contributed by atoms with Gasteiger partial charge in [-0.15, -0.1) is 0 Å². The summed E-state index contributed by atoms with van der Waals surface area (Å²) in [5.41, 5.74) is 1.71. The first-order valence-corrected chi connectivity index (χ1v) is 7.43. The highest BCUT2D eigenvalue weighted by Crippen LogP contribution is 2.29. The van der Waals surface area contributed by atoms with Gasteiger partial charge in [0.2, 0.25) is 0 Å². The van der Waals surface area contributed by atoms with Crippen molar-refractivity contribution in [3.8, 4) is 0 Å². The van der Waals surface area contributed by atoms with Crippen molar-refractivity contribution >= 4 is 5.97 Å². The molecule has 4 nitrogen and oxygen atoms in total. The van der Waals surface area contributed by atoms with E-state index in [-0.39, 0.29) is 12.4 Å². The van der Waals surface area contributed by atoms with Crippen LogP contribution in [-0.2, 0) is 28.9 Å². The summed E-state index contributed by atoms with van der Waals surface area (Å²) in [7, 11) is 0. The molecule has 0 spiro atoms. The fourth-order valence-electron chi connectivity index (χ4n) is 3.23. The minimum absolute atomic E-state index is 0.121. The molecule has 0 bridgehead atoms. The van der Waals surface area contributed by atoms with Crippen molar-refractivity contribution in [2.24, 2.45) is 5.41 Å². The summed E-state index contributed by atoms with van der Waals surface area (Å²) in [6.45, 7) is 1.36. The van der Waals surface area contributed by atoms with Gasteiger partial charge in [-0.25, -0.2) is 4.39 Å². The maximum absolute atomic E-state index is 14.3. The van der Waals surface area contributed by atoms with Crippen LogP contribution in [0.1, 0.15) is 29.5 Å². The predicted molar refractivity (Wildman–Crippen MR) is 75.6 cm³/mol. The molecule has 1 heterocycles. The highest BCUT2D eigenvalue weighted by atomic mass is 19.1. The van der Waals surface area contributed by atoms with Crippen molar-refractivity contribution in [3.05, 3.63) is 34.6 Å². The second-order valence-corrected chi connectivity index (χ2v) is 6.02. The first-order chi connectivity index (χ1) is 10.1. The lowest BCUT2D eigenvalue weighted by Crippen LogP contribution is -2.41. The number of carboxylic acid groups (broad SMARTS) is 1. The van der Waals surface area contributed by atoms with E-state index in [1.165, 1.54) is 0 Å². The average Bonchev–Trinajstić information content (AvgIpc) is 3.11. The fourth-order valence-corrected chi connectivity index (χ4v) is 3.23. The van der Waals surface area contributed by atoms with Crippen molar-refractivity contribution in [1.82, 2.24) is 5.32 Å². The summed E-state index contributed by atoms with van der Waals surface area (Å²) in [5.74, 6) is -0.966. The van der Waals surface area contributed by atoms with Crippen LogP contribution in [0, 0.1) is 11.2 Å². The number of hydrogen-bond donors (Lipinski definition) is 2. The third-order valence-corrected chi connectivity index (χ3v) is 4.63. The van der Waals surface area contributed by atoms with Crippen LogP contribution in [0.2, 0.25) is 0 Å². The van der Waals surface area contributed by atoms with E-state index < -0.39 is 11.4 Å². The Labute approximate surface area is 123 Å². The van der Waals surface area contributed by atoms with Gasteiger partial charge in [-0.3, -0.25) is 4.79 Å². The summed E-state index contributed by atoms with van der Waals surface area (Å²) in [5, 5.41) is 12.4. The Hall–Kier alpha value is -1.46. The number of nitrogens with one attached hydrogen (secondary N) is 1. The highest BCUT2D eigenvalue weighted by molar-refractivity contribution is 5.75. The first-order valence-electron chi connectivity index (χ1n) is 7.43. The number of benzene rings is 1. The van der Waals surface area contributed by atoms with E-state index in [0.717, 1.165) is 30.4 Å². The molecule has 1 aliphatic heterocycles. The molecule has 0 amide bonds. The number of rotatable bonds is 5. The summed E-state index contributed by atoms with van der Waals surface area (Å²) >= 11 is 0. The second kappa shape index (κ2) is 5.73. The Balaban J connectivity index is 1.64. The monoisotopic (exact) mass is 293 g/mol. The van der Waals surface area contributed by atoms with Gasteiger partial charge in [0, 0.05) is 25.3 Å². The van der Waals surface area contributed by atoms with Gasteiger partial charge in [-0.2, -0.15) is 0 Å². The molecule has 5 heteroatoms. The van der Waals surface area contributed by atoms with Gasteiger partial charge in [-0.1, -0.05) is 12.1 Å². The number of hydrogen-bond acceptors (Lipinski definition) is 3. The molecule has 1 aromatic rings. The predicted octanol–water partition coefficient (Wildman–Crippen LogP) is 1.90. The van der Waals surface area contributed by atoms with Crippen molar-refractivity contribution in [1.29, 1.82) is 0 Å². The minimum Gasteiger partial charge on any atom is -0.481 e. The first kappa shape index (κ1) is 14.5. The lowest BCUT2D eigenvalue weighted by atomic mass is 9.87. The molecule has 0 radical (unpaired) electrons. The Morgan fingerprint density at radius 2 is 2.29 bits per heavy atom. The van der Waals surface area contributed by atoms with E-state index in [4.69, 9.17) is 4.74 Å². The van der Waals surface area contributed by atoms with E-state index in [0.29, 0.717) is 31.7 Å². The van der Waals surface area contributed by atoms with Gasteiger partial charge < -0.3 is 15.2 Å². The largest absolute Gasteiger partial charge is 0.481 e. The maximum Gasteiger partial charge on any atom is 0.313 e. The number of aliphatic carboxylic acids is 1. The van der Waals surface area contributed by atoms with Crippen LogP contribution in [0.5, 0.6) is 0 Å². The zero-order chi connectivity index (χ0) is 14.9. The molecule has 1 fully saturated rings. The van der Waals surface area contributed by atoms with Gasteiger partial charge in [0.25, 0.3) is 0 Å². The third kappa shape index (κ3) is 2.68. The Kier molecular flexibility index (Phi) is 3.95. The standard InChI is InChI=1S/C16H20FNO3/c17-14-12(5-4-11-2-1-3-13(11)14)8-18-9-16(15(19)20)6-7-21-10-16/h4-5,18H,1-3,6-10H2,(H,19,20). The molecule has 0 saturated carbocycles. The van der Waals surface area contributed by atoms with Gasteiger partial charge in [0.05, 0.1) is 6.61 Å². The lowest BCUT2D eigenvalue weighted by molar-refractivity contribution is -0.148. The van der Waals surface area contributed by atoms with Crippen molar-refractivity contribution in [2.75, 3.05) is 19.8 Å². The number of carboxylic acids is 1. The molecule has 3 rings (SSSR count). The molecule has 1 saturated heterocycles. The zero-order valence-electron chi connectivity index (χ0n) is 12.0. The van der Waals surface area contributed by atoms with Crippen LogP contribution in [0.3, 0.4) is 0 Å². The molecule has 1 aliphatic carbocycles. The highest BCUT2D eigenvalue weighted by Gasteiger charge is 2.42. The van der Waals surface area contributed by atoms with Crippen LogP contribution in [-0.4, -0.2) is 30.8 Å².